The predicted octanol–water partition coefficient (Wildman–Crippen LogP) is 1.31. The highest BCUT2D eigenvalue weighted by Crippen LogP contribution is 2.14. The molecule has 1 heterocycles. The normalized spacial score (nSPS) is 13.1. The van der Waals surface area contributed by atoms with Crippen LogP contribution >= 0.6 is 0 Å². The van der Waals surface area contributed by atoms with Gasteiger partial charge in [0.2, 0.25) is 0 Å². The zero-order valence-corrected chi connectivity index (χ0v) is 12.4. The van der Waals surface area contributed by atoms with Crippen LogP contribution in [0.4, 0.5) is 0 Å². The second kappa shape index (κ2) is 7.44. The van der Waals surface area contributed by atoms with Gasteiger partial charge in [-0.1, -0.05) is 18.2 Å². The van der Waals surface area contributed by atoms with Crippen molar-refractivity contribution in [1.29, 1.82) is 0 Å². The number of imidazole rings is 1. The molecule has 3 N–H and O–H groups in total. The van der Waals surface area contributed by atoms with Crippen molar-refractivity contribution in [2.24, 2.45) is 10.7 Å². The number of guanidine groups is 1. The topological polar surface area (TPSA) is 77.5 Å². The predicted molar refractivity (Wildman–Crippen MR) is 83.4 cm³/mol. The number of benzene rings is 1. The number of nitrogens with two attached hydrogens (primary N) is 1. The molecule has 0 aliphatic carbocycles. The van der Waals surface area contributed by atoms with Crippen LogP contribution < -0.4 is 11.1 Å². The molecule has 0 bridgehead atoms. The van der Waals surface area contributed by atoms with Gasteiger partial charge in [0.25, 0.3) is 0 Å². The fraction of sp³-hybridized carbons (Fsp3) is 0.333. The van der Waals surface area contributed by atoms with Gasteiger partial charge in [0, 0.05) is 25.5 Å². The largest absolute Gasteiger partial charge is 0.383 e. The van der Waals surface area contributed by atoms with Gasteiger partial charge in [0.15, 0.2) is 5.96 Å². The lowest BCUT2D eigenvalue weighted by molar-refractivity contribution is 0.179. The summed E-state index contributed by atoms with van der Waals surface area (Å²) in [6, 6.07) is 8.17. The van der Waals surface area contributed by atoms with Crippen LogP contribution in [-0.2, 0) is 11.3 Å². The second-order valence-corrected chi connectivity index (χ2v) is 4.80. The van der Waals surface area contributed by atoms with Gasteiger partial charge in [-0.15, -0.1) is 0 Å². The molecule has 0 saturated carbocycles. The first-order chi connectivity index (χ1) is 10.2. The van der Waals surface area contributed by atoms with Crippen molar-refractivity contribution in [3.8, 4) is 5.69 Å². The van der Waals surface area contributed by atoms with Gasteiger partial charge in [0.05, 0.1) is 25.2 Å². The lowest BCUT2D eigenvalue weighted by Crippen LogP contribution is -2.40. The van der Waals surface area contributed by atoms with E-state index in [9.17, 15) is 0 Å². The molecule has 2 aromatic rings. The van der Waals surface area contributed by atoms with Crippen molar-refractivity contribution in [3.05, 3.63) is 48.5 Å². The smallest absolute Gasteiger partial charge is 0.189 e. The fourth-order valence-electron chi connectivity index (χ4n) is 2.06. The number of para-hydroxylation sites is 1. The third kappa shape index (κ3) is 4.32. The Hall–Kier alpha value is -2.34. The van der Waals surface area contributed by atoms with Crippen LogP contribution in [0.25, 0.3) is 5.69 Å². The molecule has 1 atom stereocenters. The number of nitrogens with zero attached hydrogens (tertiary/aromatic N) is 3. The van der Waals surface area contributed by atoms with Crippen LogP contribution in [0.15, 0.2) is 48.0 Å². The molecule has 0 aliphatic heterocycles. The van der Waals surface area contributed by atoms with Crippen molar-refractivity contribution >= 4 is 5.96 Å². The minimum absolute atomic E-state index is 0.127. The molecule has 2 rings (SSSR count). The molecule has 0 radical (unpaired) electrons. The molecule has 0 aliphatic rings. The van der Waals surface area contributed by atoms with Crippen LogP contribution in [-0.4, -0.2) is 35.3 Å². The highest BCUT2D eigenvalue weighted by Gasteiger charge is 2.04. The Morgan fingerprint density at radius 3 is 3.00 bits per heavy atom. The number of hydrogen-bond acceptors (Lipinski definition) is 3. The minimum atomic E-state index is 0.127. The van der Waals surface area contributed by atoms with Crippen LogP contribution in [0.3, 0.4) is 0 Å². The third-order valence-electron chi connectivity index (χ3n) is 3.00. The van der Waals surface area contributed by atoms with Crippen molar-refractivity contribution in [2.75, 3.05) is 13.7 Å². The van der Waals surface area contributed by atoms with Gasteiger partial charge in [-0.05, 0) is 18.6 Å². The highest BCUT2D eigenvalue weighted by molar-refractivity contribution is 5.78. The molecule has 1 aromatic carbocycles. The monoisotopic (exact) mass is 287 g/mol. The molecule has 0 spiro atoms. The summed E-state index contributed by atoms with van der Waals surface area (Å²) in [7, 11) is 1.66. The summed E-state index contributed by atoms with van der Waals surface area (Å²) in [5, 5.41) is 3.09. The van der Waals surface area contributed by atoms with Gasteiger partial charge in [-0.25, -0.2) is 9.98 Å². The molecule has 6 heteroatoms. The Morgan fingerprint density at radius 2 is 2.29 bits per heavy atom. The first-order valence-corrected chi connectivity index (χ1v) is 6.82. The molecular weight excluding hydrogens is 266 g/mol. The van der Waals surface area contributed by atoms with Gasteiger partial charge >= 0.3 is 0 Å². The number of aromatic nitrogens is 2. The Bertz CT molecular complexity index is 580. The van der Waals surface area contributed by atoms with Crippen molar-refractivity contribution in [3.63, 3.8) is 0 Å². The maximum atomic E-state index is 5.89. The lowest BCUT2D eigenvalue weighted by atomic mass is 10.2. The highest BCUT2D eigenvalue weighted by atomic mass is 16.5. The summed E-state index contributed by atoms with van der Waals surface area (Å²) in [6.45, 7) is 3.08. The molecule has 21 heavy (non-hydrogen) atoms. The summed E-state index contributed by atoms with van der Waals surface area (Å²) in [4.78, 5) is 8.45. The summed E-state index contributed by atoms with van der Waals surface area (Å²) < 4.78 is 7.01. The maximum Gasteiger partial charge on any atom is 0.189 e. The Morgan fingerprint density at radius 1 is 1.48 bits per heavy atom. The maximum absolute atomic E-state index is 5.89. The van der Waals surface area contributed by atoms with Gasteiger partial charge in [-0.3, -0.25) is 0 Å². The number of hydrogen-bond donors (Lipinski definition) is 2. The van der Waals surface area contributed by atoms with Crippen molar-refractivity contribution in [2.45, 2.75) is 19.5 Å². The quantitative estimate of drug-likeness (QED) is 0.620. The van der Waals surface area contributed by atoms with Crippen LogP contribution in [0, 0.1) is 0 Å². The van der Waals surface area contributed by atoms with Crippen LogP contribution in [0.1, 0.15) is 12.5 Å². The van der Waals surface area contributed by atoms with E-state index in [4.69, 9.17) is 10.5 Å². The molecular formula is C15H21N5O. The van der Waals surface area contributed by atoms with E-state index in [1.54, 1.807) is 19.6 Å². The number of methoxy groups -OCH3 is 1. The van der Waals surface area contributed by atoms with E-state index >= 15 is 0 Å². The SMILES string of the molecule is COCC(C)NC(N)=NCc1ccccc1-n1ccnc1. The average molecular weight is 287 g/mol. The molecule has 1 aromatic heterocycles. The molecule has 0 amide bonds. The third-order valence-corrected chi connectivity index (χ3v) is 3.00. The first-order valence-electron chi connectivity index (χ1n) is 6.82. The number of nitrogens with one attached hydrogen (secondary N) is 1. The summed E-state index contributed by atoms with van der Waals surface area (Å²) >= 11 is 0. The van der Waals surface area contributed by atoms with Crippen molar-refractivity contribution < 1.29 is 4.74 Å². The second-order valence-electron chi connectivity index (χ2n) is 4.80. The van der Waals surface area contributed by atoms with Crippen LogP contribution in [0.2, 0.25) is 0 Å². The van der Waals surface area contributed by atoms with Gasteiger partial charge in [-0.2, -0.15) is 0 Å². The molecule has 6 nitrogen and oxygen atoms in total. The minimum Gasteiger partial charge on any atom is -0.383 e. The molecule has 1 unspecified atom stereocenters. The summed E-state index contributed by atoms with van der Waals surface area (Å²) in [5.74, 6) is 0.417. The first kappa shape index (κ1) is 15.1. The van der Waals surface area contributed by atoms with E-state index in [0.717, 1.165) is 11.3 Å². The molecule has 0 fully saturated rings. The van der Waals surface area contributed by atoms with E-state index < -0.39 is 0 Å². The molecule has 0 saturated heterocycles. The van der Waals surface area contributed by atoms with E-state index in [-0.39, 0.29) is 6.04 Å². The summed E-state index contributed by atoms with van der Waals surface area (Å²) in [5.41, 5.74) is 8.02. The Labute approximate surface area is 124 Å². The Kier molecular flexibility index (Phi) is 5.34. The zero-order valence-electron chi connectivity index (χ0n) is 12.4. The average Bonchev–Trinajstić information content (AvgIpc) is 2.99. The number of ether oxygens (including phenoxy) is 1. The van der Waals surface area contributed by atoms with Crippen molar-refractivity contribution in [1.82, 2.24) is 14.9 Å². The summed E-state index contributed by atoms with van der Waals surface area (Å²) in [6.07, 6.45) is 5.43. The number of aliphatic imine (C=N–C) groups is 1. The van der Waals surface area contributed by atoms with E-state index in [2.05, 4.69) is 15.3 Å². The molecule has 112 valence electrons. The van der Waals surface area contributed by atoms with Gasteiger partial charge < -0.3 is 20.4 Å². The fourth-order valence-corrected chi connectivity index (χ4v) is 2.06. The van der Waals surface area contributed by atoms with Crippen LogP contribution in [0.5, 0.6) is 0 Å². The van der Waals surface area contributed by atoms with E-state index in [0.29, 0.717) is 19.1 Å². The Balaban J connectivity index is 2.06. The van der Waals surface area contributed by atoms with E-state index in [1.165, 1.54) is 0 Å². The standard InChI is InChI=1S/C15H21N5O/c1-12(10-21-2)19-15(16)18-9-13-5-3-4-6-14(13)20-8-7-17-11-20/h3-8,11-12H,9-10H2,1-2H3,(H3,16,18,19). The van der Waals surface area contributed by atoms with Gasteiger partial charge in [0.1, 0.15) is 0 Å². The number of rotatable bonds is 6. The van der Waals surface area contributed by atoms with E-state index in [1.807, 2.05) is 42.0 Å². The zero-order chi connectivity index (χ0) is 15.1. The lowest BCUT2D eigenvalue weighted by Gasteiger charge is -2.13.